The minimum absolute atomic E-state index is 0.0639. The SMILES string of the molecule is C[C@H](NC(=O)N(C)C)c1ccc(OC2CCN(C(=O)OCc3ccccc3)C2)cc1. The first-order valence-corrected chi connectivity index (χ1v) is 10.1. The van der Waals surface area contributed by atoms with Crippen molar-refractivity contribution in [3.05, 3.63) is 65.7 Å². The van der Waals surface area contributed by atoms with Crippen LogP contribution in [0.15, 0.2) is 54.6 Å². The first-order chi connectivity index (χ1) is 14.4. The summed E-state index contributed by atoms with van der Waals surface area (Å²) in [4.78, 5) is 27.3. The van der Waals surface area contributed by atoms with Gasteiger partial charge in [0, 0.05) is 27.1 Å². The number of urea groups is 1. The topological polar surface area (TPSA) is 71.1 Å². The van der Waals surface area contributed by atoms with Gasteiger partial charge in [-0.3, -0.25) is 0 Å². The Hall–Kier alpha value is -3.22. The summed E-state index contributed by atoms with van der Waals surface area (Å²) in [5.41, 5.74) is 1.96. The lowest BCUT2D eigenvalue weighted by Gasteiger charge is -2.19. The van der Waals surface area contributed by atoms with Crippen LogP contribution in [0.5, 0.6) is 5.75 Å². The van der Waals surface area contributed by atoms with Gasteiger partial charge in [-0.25, -0.2) is 9.59 Å². The van der Waals surface area contributed by atoms with Crippen LogP contribution in [0, 0.1) is 0 Å². The van der Waals surface area contributed by atoms with E-state index in [1.54, 1.807) is 19.0 Å². The van der Waals surface area contributed by atoms with Gasteiger partial charge in [0.15, 0.2) is 0 Å². The predicted octanol–water partition coefficient (Wildman–Crippen LogP) is 3.81. The van der Waals surface area contributed by atoms with Crippen molar-refractivity contribution in [2.75, 3.05) is 27.2 Å². The summed E-state index contributed by atoms with van der Waals surface area (Å²) < 4.78 is 11.4. The molecule has 7 heteroatoms. The molecule has 2 aromatic carbocycles. The molecule has 0 aliphatic carbocycles. The van der Waals surface area contributed by atoms with Crippen molar-refractivity contribution >= 4 is 12.1 Å². The lowest BCUT2D eigenvalue weighted by Crippen LogP contribution is -2.36. The van der Waals surface area contributed by atoms with Gasteiger partial charge >= 0.3 is 12.1 Å². The highest BCUT2D eigenvalue weighted by atomic mass is 16.6. The summed E-state index contributed by atoms with van der Waals surface area (Å²) in [6.07, 6.45) is 0.383. The Morgan fingerprint density at radius 3 is 2.50 bits per heavy atom. The van der Waals surface area contributed by atoms with Gasteiger partial charge in [-0.1, -0.05) is 42.5 Å². The highest BCUT2D eigenvalue weighted by Gasteiger charge is 2.28. The second kappa shape index (κ2) is 10.0. The highest BCUT2D eigenvalue weighted by Crippen LogP contribution is 2.22. The molecule has 0 saturated carbocycles. The van der Waals surface area contributed by atoms with Crippen LogP contribution in [0.3, 0.4) is 0 Å². The number of rotatable bonds is 6. The molecule has 3 rings (SSSR count). The molecule has 3 amide bonds. The fourth-order valence-corrected chi connectivity index (χ4v) is 3.23. The van der Waals surface area contributed by atoms with Crippen molar-refractivity contribution in [1.82, 2.24) is 15.1 Å². The van der Waals surface area contributed by atoms with Crippen molar-refractivity contribution in [2.45, 2.75) is 32.1 Å². The van der Waals surface area contributed by atoms with E-state index in [0.717, 1.165) is 23.3 Å². The minimum atomic E-state index is -0.314. The number of nitrogens with zero attached hydrogens (tertiary/aromatic N) is 2. The zero-order valence-corrected chi connectivity index (χ0v) is 17.7. The van der Waals surface area contributed by atoms with Crippen LogP contribution in [0.1, 0.15) is 30.5 Å². The predicted molar refractivity (Wildman–Crippen MR) is 114 cm³/mol. The van der Waals surface area contributed by atoms with E-state index in [1.165, 1.54) is 4.90 Å². The Morgan fingerprint density at radius 2 is 1.83 bits per heavy atom. The van der Waals surface area contributed by atoms with E-state index in [-0.39, 0.29) is 30.9 Å². The average molecular weight is 412 g/mol. The molecule has 2 atom stereocenters. The number of likely N-dealkylation sites (tertiary alicyclic amines) is 1. The molecule has 7 nitrogen and oxygen atoms in total. The molecule has 0 aromatic heterocycles. The molecule has 160 valence electrons. The fraction of sp³-hybridized carbons (Fsp3) is 0.391. The Labute approximate surface area is 177 Å². The molecule has 0 spiro atoms. The Kier molecular flexibility index (Phi) is 7.17. The van der Waals surface area contributed by atoms with Gasteiger partial charge in [-0.15, -0.1) is 0 Å². The molecule has 1 saturated heterocycles. The Bertz CT molecular complexity index is 839. The smallest absolute Gasteiger partial charge is 0.410 e. The van der Waals surface area contributed by atoms with E-state index in [9.17, 15) is 9.59 Å². The van der Waals surface area contributed by atoms with Crippen molar-refractivity contribution in [3.8, 4) is 5.75 Å². The molecular weight excluding hydrogens is 382 g/mol. The maximum Gasteiger partial charge on any atom is 0.410 e. The minimum Gasteiger partial charge on any atom is -0.489 e. The summed E-state index contributed by atoms with van der Waals surface area (Å²) in [6.45, 7) is 3.33. The molecule has 1 N–H and O–H groups in total. The third kappa shape index (κ3) is 5.89. The standard InChI is InChI=1S/C23H29N3O4/c1-17(24-22(27)25(2)3)19-9-11-20(12-10-19)30-21-13-14-26(15-21)23(28)29-16-18-7-5-4-6-8-18/h4-12,17,21H,13-16H2,1-3H3,(H,24,27)/t17-,21?/m0/s1. The molecule has 30 heavy (non-hydrogen) atoms. The van der Waals surface area contributed by atoms with E-state index >= 15 is 0 Å². The number of hydrogen-bond acceptors (Lipinski definition) is 4. The third-order valence-corrected chi connectivity index (χ3v) is 5.04. The summed E-state index contributed by atoms with van der Waals surface area (Å²) in [5, 5.41) is 2.92. The maximum atomic E-state index is 12.3. The molecule has 0 bridgehead atoms. The van der Waals surface area contributed by atoms with Crippen LogP contribution in [0.25, 0.3) is 0 Å². The van der Waals surface area contributed by atoms with Crippen molar-refractivity contribution in [3.63, 3.8) is 0 Å². The second-order valence-electron chi connectivity index (χ2n) is 7.65. The molecular formula is C23H29N3O4. The molecule has 1 aliphatic heterocycles. The number of nitrogens with one attached hydrogen (secondary N) is 1. The summed E-state index contributed by atoms with van der Waals surface area (Å²) in [7, 11) is 3.42. The zero-order chi connectivity index (χ0) is 21.5. The van der Waals surface area contributed by atoms with Crippen LogP contribution in [-0.4, -0.2) is 55.2 Å². The summed E-state index contributed by atoms with van der Waals surface area (Å²) in [5.74, 6) is 0.745. The average Bonchev–Trinajstić information content (AvgIpc) is 3.21. The second-order valence-corrected chi connectivity index (χ2v) is 7.65. The summed E-state index contributed by atoms with van der Waals surface area (Å²) in [6, 6.07) is 17.1. The number of hydrogen-bond donors (Lipinski definition) is 1. The van der Waals surface area contributed by atoms with E-state index < -0.39 is 0 Å². The molecule has 1 unspecified atom stereocenters. The molecule has 1 heterocycles. The molecule has 1 fully saturated rings. The van der Waals surface area contributed by atoms with E-state index in [0.29, 0.717) is 13.1 Å². The van der Waals surface area contributed by atoms with Gasteiger partial charge in [-0.2, -0.15) is 0 Å². The first-order valence-electron chi connectivity index (χ1n) is 10.1. The van der Waals surface area contributed by atoms with E-state index in [1.807, 2.05) is 61.5 Å². The van der Waals surface area contributed by atoms with Crippen LogP contribution >= 0.6 is 0 Å². The lowest BCUT2D eigenvalue weighted by molar-refractivity contribution is 0.0991. The van der Waals surface area contributed by atoms with Gasteiger partial charge in [0.25, 0.3) is 0 Å². The molecule has 1 aliphatic rings. The quantitative estimate of drug-likeness (QED) is 0.785. The number of carbonyl (C=O) groups is 2. The van der Waals surface area contributed by atoms with Crippen LogP contribution in [0.4, 0.5) is 9.59 Å². The monoisotopic (exact) mass is 411 g/mol. The van der Waals surface area contributed by atoms with Gasteiger partial charge in [-0.05, 0) is 30.2 Å². The third-order valence-electron chi connectivity index (χ3n) is 5.04. The number of benzene rings is 2. The van der Waals surface area contributed by atoms with Crippen LogP contribution < -0.4 is 10.1 Å². The first kappa shape index (κ1) is 21.5. The van der Waals surface area contributed by atoms with Crippen molar-refractivity contribution in [2.24, 2.45) is 0 Å². The van der Waals surface area contributed by atoms with Gasteiger partial charge < -0.3 is 24.6 Å². The largest absolute Gasteiger partial charge is 0.489 e. The number of amides is 3. The normalized spacial score (nSPS) is 16.6. The molecule has 2 aromatic rings. The van der Waals surface area contributed by atoms with Gasteiger partial charge in [0.05, 0.1) is 12.6 Å². The van der Waals surface area contributed by atoms with Gasteiger partial charge in [0.2, 0.25) is 0 Å². The Balaban J connectivity index is 1.45. The molecule has 0 radical (unpaired) electrons. The van der Waals surface area contributed by atoms with E-state index in [4.69, 9.17) is 9.47 Å². The Morgan fingerprint density at radius 1 is 1.13 bits per heavy atom. The van der Waals surface area contributed by atoms with E-state index in [2.05, 4.69) is 5.32 Å². The van der Waals surface area contributed by atoms with Crippen LogP contribution in [-0.2, 0) is 11.3 Å². The van der Waals surface area contributed by atoms with Gasteiger partial charge in [0.1, 0.15) is 18.5 Å². The van der Waals surface area contributed by atoms with Crippen molar-refractivity contribution in [1.29, 1.82) is 0 Å². The summed E-state index contributed by atoms with van der Waals surface area (Å²) >= 11 is 0. The van der Waals surface area contributed by atoms with Crippen molar-refractivity contribution < 1.29 is 19.1 Å². The number of ether oxygens (including phenoxy) is 2. The maximum absolute atomic E-state index is 12.3. The highest BCUT2D eigenvalue weighted by molar-refractivity contribution is 5.74. The fourth-order valence-electron chi connectivity index (χ4n) is 3.23. The zero-order valence-electron chi connectivity index (χ0n) is 17.7. The van der Waals surface area contributed by atoms with Crippen LogP contribution in [0.2, 0.25) is 0 Å². The lowest BCUT2D eigenvalue weighted by atomic mass is 10.1. The number of carbonyl (C=O) groups excluding carboxylic acids is 2.